The predicted molar refractivity (Wildman–Crippen MR) is 86.9 cm³/mol. The molecule has 1 aromatic carbocycles. The first-order valence-corrected chi connectivity index (χ1v) is 7.31. The summed E-state index contributed by atoms with van der Waals surface area (Å²) in [6, 6.07) is 3.20. The average molecular weight is 306 g/mol. The zero-order valence-corrected chi connectivity index (χ0v) is 12.9. The van der Waals surface area contributed by atoms with E-state index in [-0.39, 0.29) is 5.92 Å². The van der Waals surface area contributed by atoms with Crippen LogP contribution in [0.15, 0.2) is 12.1 Å². The minimum Gasteiger partial charge on any atom is -0.399 e. The Morgan fingerprint density at radius 3 is 2.48 bits per heavy atom. The van der Waals surface area contributed by atoms with Crippen LogP contribution in [0, 0.1) is 0 Å². The third-order valence-electron chi connectivity index (χ3n) is 3.16. The molecule has 6 nitrogen and oxygen atoms in total. The molecule has 1 heterocycles. The van der Waals surface area contributed by atoms with Crippen LogP contribution in [0.1, 0.15) is 35.7 Å². The van der Waals surface area contributed by atoms with E-state index in [0.717, 1.165) is 10.3 Å². The molecule has 0 atom stereocenters. The first kappa shape index (κ1) is 15.1. The first-order valence-electron chi connectivity index (χ1n) is 6.49. The highest BCUT2D eigenvalue weighted by molar-refractivity contribution is 7.23. The number of primary amides is 1. The monoisotopic (exact) mass is 306 g/mol. The maximum atomic E-state index is 11.8. The van der Waals surface area contributed by atoms with Gasteiger partial charge in [0.2, 0.25) is 0 Å². The van der Waals surface area contributed by atoms with E-state index in [2.05, 4.69) is 10.6 Å². The average Bonchev–Trinajstić information content (AvgIpc) is 2.74. The van der Waals surface area contributed by atoms with Crippen LogP contribution in [0.25, 0.3) is 10.1 Å². The Bertz CT molecular complexity index is 721. The second-order valence-electron chi connectivity index (χ2n) is 5.02. The van der Waals surface area contributed by atoms with Crippen molar-refractivity contribution < 1.29 is 9.59 Å². The van der Waals surface area contributed by atoms with Crippen LogP contribution in [0.3, 0.4) is 0 Å². The summed E-state index contributed by atoms with van der Waals surface area (Å²) in [5, 5.41) is 6.21. The zero-order chi connectivity index (χ0) is 15.7. The van der Waals surface area contributed by atoms with Crippen LogP contribution in [-0.4, -0.2) is 19.0 Å². The van der Waals surface area contributed by atoms with Gasteiger partial charge in [-0.2, -0.15) is 0 Å². The summed E-state index contributed by atoms with van der Waals surface area (Å²) in [6.07, 6.45) is 0. The lowest BCUT2D eigenvalue weighted by atomic mass is 9.99. The molecule has 0 aliphatic carbocycles. The summed E-state index contributed by atoms with van der Waals surface area (Å²) < 4.78 is 0.916. The van der Waals surface area contributed by atoms with Crippen LogP contribution in [-0.2, 0) is 0 Å². The highest BCUT2D eigenvalue weighted by Crippen LogP contribution is 2.41. The summed E-state index contributed by atoms with van der Waals surface area (Å²) >= 11 is 1.33. The summed E-state index contributed by atoms with van der Waals surface area (Å²) in [7, 11) is 1.50. The number of benzene rings is 1. The molecule has 0 radical (unpaired) electrons. The van der Waals surface area contributed by atoms with Gasteiger partial charge in [-0.25, -0.2) is 4.79 Å². The molecule has 0 spiro atoms. The zero-order valence-electron chi connectivity index (χ0n) is 12.1. The van der Waals surface area contributed by atoms with Crippen LogP contribution >= 0.6 is 11.3 Å². The summed E-state index contributed by atoms with van der Waals surface area (Å²) in [4.78, 5) is 23.3. The van der Waals surface area contributed by atoms with Crippen LogP contribution < -0.4 is 22.1 Å². The molecule has 2 aromatic rings. The quantitative estimate of drug-likeness (QED) is 0.654. The second-order valence-corrected chi connectivity index (χ2v) is 6.04. The van der Waals surface area contributed by atoms with Crippen molar-refractivity contribution in [3.8, 4) is 0 Å². The molecule has 0 saturated carbocycles. The van der Waals surface area contributed by atoms with Crippen molar-refractivity contribution in [2.45, 2.75) is 19.8 Å². The number of nitrogens with two attached hydrogens (primary N) is 2. The lowest BCUT2D eigenvalue weighted by molar-refractivity contribution is 0.100. The molecule has 1 aromatic heterocycles. The van der Waals surface area contributed by atoms with Gasteiger partial charge in [-0.05, 0) is 23.6 Å². The Hall–Kier alpha value is -2.28. The molecule has 3 amide bonds. The fraction of sp³-hybridized carbons (Fsp3) is 0.286. The number of carbonyl (C=O) groups is 2. The molecule has 0 aliphatic heterocycles. The van der Waals surface area contributed by atoms with E-state index in [4.69, 9.17) is 11.5 Å². The number of thiophene rings is 1. The van der Waals surface area contributed by atoms with E-state index in [1.54, 1.807) is 6.07 Å². The van der Waals surface area contributed by atoms with Crippen LogP contribution in [0.5, 0.6) is 0 Å². The van der Waals surface area contributed by atoms with Gasteiger partial charge in [0, 0.05) is 22.8 Å². The molecule has 0 saturated heterocycles. The Morgan fingerprint density at radius 2 is 1.95 bits per heavy atom. The van der Waals surface area contributed by atoms with Crippen molar-refractivity contribution in [2.24, 2.45) is 5.73 Å². The Labute approximate surface area is 126 Å². The topological polar surface area (TPSA) is 110 Å². The van der Waals surface area contributed by atoms with Crippen molar-refractivity contribution in [3.63, 3.8) is 0 Å². The normalized spacial score (nSPS) is 10.9. The van der Waals surface area contributed by atoms with Crippen molar-refractivity contribution in [2.75, 3.05) is 18.1 Å². The van der Waals surface area contributed by atoms with Gasteiger partial charge in [-0.1, -0.05) is 13.8 Å². The number of carbonyl (C=O) groups excluding carboxylic acids is 2. The molecule has 0 bridgehead atoms. The van der Waals surface area contributed by atoms with Gasteiger partial charge in [-0.15, -0.1) is 11.3 Å². The molecular weight excluding hydrogens is 288 g/mol. The molecule has 0 unspecified atom stereocenters. The van der Waals surface area contributed by atoms with Gasteiger partial charge in [0.05, 0.1) is 5.56 Å². The van der Waals surface area contributed by atoms with Gasteiger partial charge in [0.25, 0.3) is 5.91 Å². The molecule has 21 heavy (non-hydrogen) atoms. The van der Waals surface area contributed by atoms with Gasteiger partial charge in [0.15, 0.2) is 0 Å². The number of hydrogen-bond acceptors (Lipinski definition) is 4. The number of nitrogens with one attached hydrogen (secondary N) is 2. The summed E-state index contributed by atoms with van der Waals surface area (Å²) in [5.41, 5.74) is 13.3. The second kappa shape index (κ2) is 5.61. The molecule has 112 valence electrons. The molecule has 0 fully saturated rings. The largest absolute Gasteiger partial charge is 0.399 e. The third kappa shape index (κ3) is 2.78. The van der Waals surface area contributed by atoms with Gasteiger partial charge in [0.1, 0.15) is 5.00 Å². The molecule has 2 rings (SSSR count). The van der Waals surface area contributed by atoms with Gasteiger partial charge in [-0.3, -0.25) is 10.1 Å². The standard InChI is InChI=1S/C14H18N4O2S/c1-6(2)8-4-7(15)5-9-10(12(16)19)13(21-11(8)9)18-14(20)17-3/h4-6H,15H2,1-3H3,(H2,16,19)(H2,17,18,20). The number of nitrogen functional groups attached to an aromatic ring is 1. The first-order chi connectivity index (χ1) is 9.85. The van der Waals surface area contributed by atoms with Crippen molar-refractivity contribution in [1.82, 2.24) is 5.32 Å². The van der Waals surface area contributed by atoms with Crippen LogP contribution in [0.2, 0.25) is 0 Å². The molecule has 6 N–H and O–H groups in total. The fourth-order valence-electron chi connectivity index (χ4n) is 2.18. The Kier molecular flexibility index (Phi) is 4.04. The highest BCUT2D eigenvalue weighted by Gasteiger charge is 2.21. The number of rotatable bonds is 3. The summed E-state index contributed by atoms with van der Waals surface area (Å²) in [6.45, 7) is 4.09. The number of fused-ring (bicyclic) bond motifs is 1. The molecule has 7 heteroatoms. The smallest absolute Gasteiger partial charge is 0.319 e. The third-order valence-corrected chi connectivity index (χ3v) is 4.33. The van der Waals surface area contributed by atoms with E-state index in [1.165, 1.54) is 18.4 Å². The summed E-state index contributed by atoms with van der Waals surface area (Å²) in [5.74, 6) is -0.351. The fourth-order valence-corrected chi connectivity index (χ4v) is 3.52. The highest BCUT2D eigenvalue weighted by atomic mass is 32.1. The van der Waals surface area contributed by atoms with E-state index in [0.29, 0.717) is 21.6 Å². The molecular formula is C14H18N4O2S. The maximum Gasteiger partial charge on any atom is 0.319 e. The van der Waals surface area contributed by atoms with Gasteiger partial charge >= 0.3 is 6.03 Å². The van der Waals surface area contributed by atoms with E-state index in [9.17, 15) is 9.59 Å². The number of amides is 3. The lowest BCUT2D eigenvalue weighted by Crippen LogP contribution is -2.25. The molecule has 0 aliphatic rings. The lowest BCUT2D eigenvalue weighted by Gasteiger charge is -2.08. The number of anilines is 2. The van der Waals surface area contributed by atoms with Crippen molar-refractivity contribution in [3.05, 3.63) is 23.3 Å². The van der Waals surface area contributed by atoms with Crippen LogP contribution in [0.4, 0.5) is 15.5 Å². The van der Waals surface area contributed by atoms with E-state index >= 15 is 0 Å². The van der Waals surface area contributed by atoms with E-state index in [1.807, 2.05) is 19.9 Å². The maximum absolute atomic E-state index is 11.8. The van der Waals surface area contributed by atoms with Crippen molar-refractivity contribution >= 4 is 44.0 Å². The van der Waals surface area contributed by atoms with Gasteiger partial charge < -0.3 is 16.8 Å². The predicted octanol–water partition coefficient (Wildman–Crippen LogP) is 2.46. The number of hydrogen-bond donors (Lipinski definition) is 4. The van der Waals surface area contributed by atoms with Crippen molar-refractivity contribution in [1.29, 1.82) is 0 Å². The Morgan fingerprint density at radius 1 is 1.29 bits per heavy atom. The van der Waals surface area contributed by atoms with E-state index < -0.39 is 11.9 Å². The number of urea groups is 1. The minimum absolute atomic E-state index is 0.239. The SMILES string of the molecule is CNC(=O)Nc1sc2c(C(C)C)cc(N)cc2c1C(N)=O. The minimum atomic E-state index is -0.590. The Balaban J connectivity index is 2.75.